The quantitative estimate of drug-likeness (QED) is 0.895. The van der Waals surface area contributed by atoms with Crippen molar-refractivity contribution in [1.82, 2.24) is 5.32 Å². The Kier molecular flexibility index (Phi) is 5.45. The Labute approximate surface area is 122 Å². The third kappa shape index (κ3) is 4.26. The van der Waals surface area contributed by atoms with Gasteiger partial charge in [-0.1, -0.05) is 26.0 Å². The van der Waals surface area contributed by atoms with Crippen molar-refractivity contribution in [1.29, 1.82) is 0 Å². The molecule has 1 amide bonds. The molecule has 1 fully saturated rings. The van der Waals surface area contributed by atoms with E-state index < -0.39 is 0 Å². The number of piperidine rings is 1. The molecule has 0 unspecified atom stereocenters. The average Bonchev–Trinajstić information content (AvgIpc) is 2.48. The molecule has 1 aromatic carbocycles. The van der Waals surface area contributed by atoms with Crippen molar-refractivity contribution >= 4 is 11.6 Å². The Bertz CT molecular complexity index is 419. The maximum Gasteiger partial charge on any atom is 0.222 e. The van der Waals surface area contributed by atoms with Gasteiger partial charge in [0.25, 0.3) is 0 Å². The molecule has 3 heteroatoms. The molecule has 20 heavy (non-hydrogen) atoms. The minimum atomic E-state index is 0.0662. The van der Waals surface area contributed by atoms with Crippen LogP contribution in [0, 0.1) is 5.92 Å². The zero-order valence-corrected chi connectivity index (χ0v) is 12.7. The highest BCUT2D eigenvalue weighted by atomic mass is 16.1. The van der Waals surface area contributed by atoms with Gasteiger partial charge in [-0.25, -0.2) is 0 Å². The van der Waals surface area contributed by atoms with Crippen LogP contribution in [-0.4, -0.2) is 25.5 Å². The molecule has 0 spiro atoms. The van der Waals surface area contributed by atoms with Crippen molar-refractivity contribution in [3.05, 3.63) is 29.8 Å². The summed E-state index contributed by atoms with van der Waals surface area (Å²) in [5.74, 6) is 0.200. The van der Waals surface area contributed by atoms with Crippen LogP contribution in [0.25, 0.3) is 0 Å². The lowest BCUT2D eigenvalue weighted by molar-refractivity contribution is -0.123. The van der Waals surface area contributed by atoms with Crippen molar-refractivity contribution in [3.63, 3.8) is 0 Å². The molecule has 0 bridgehead atoms. The summed E-state index contributed by atoms with van der Waals surface area (Å²) in [5, 5.41) is 2.96. The summed E-state index contributed by atoms with van der Waals surface area (Å²) < 4.78 is 0. The molecule has 1 heterocycles. The fourth-order valence-electron chi connectivity index (χ4n) is 2.56. The molecule has 1 aliphatic rings. The van der Waals surface area contributed by atoms with E-state index in [0.717, 1.165) is 13.0 Å². The first kappa shape index (κ1) is 14.9. The molecular formula is C17H26N2O. The minimum Gasteiger partial charge on any atom is -0.372 e. The van der Waals surface area contributed by atoms with E-state index in [1.165, 1.54) is 43.6 Å². The van der Waals surface area contributed by atoms with E-state index in [2.05, 4.69) is 34.5 Å². The zero-order chi connectivity index (χ0) is 14.4. The largest absolute Gasteiger partial charge is 0.372 e. The van der Waals surface area contributed by atoms with Crippen LogP contribution in [0.15, 0.2) is 24.3 Å². The van der Waals surface area contributed by atoms with E-state index in [1.807, 2.05) is 13.8 Å². The van der Waals surface area contributed by atoms with Gasteiger partial charge >= 0.3 is 0 Å². The van der Waals surface area contributed by atoms with Gasteiger partial charge < -0.3 is 10.2 Å². The molecule has 1 N–H and O–H groups in total. The predicted molar refractivity (Wildman–Crippen MR) is 84.1 cm³/mol. The van der Waals surface area contributed by atoms with Crippen LogP contribution < -0.4 is 10.2 Å². The Balaban J connectivity index is 1.80. The van der Waals surface area contributed by atoms with Crippen LogP contribution >= 0.6 is 0 Å². The van der Waals surface area contributed by atoms with Gasteiger partial charge in [0, 0.05) is 31.2 Å². The Hall–Kier alpha value is -1.51. The van der Waals surface area contributed by atoms with E-state index in [-0.39, 0.29) is 11.8 Å². The Morgan fingerprint density at radius 1 is 1.15 bits per heavy atom. The van der Waals surface area contributed by atoms with Crippen molar-refractivity contribution in [2.45, 2.75) is 39.5 Å². The number of benzene rings is 1. The lowest BCUT2D eigenvalue weighted by atomic mass is 10.1. The first-order chi connectivity index (χ1) is 9.66. The Morgan fingerprint density at radius 3 is 2.40 bits per heavy atom. The summed E-state index contributed by atoms with van der Waals surface area (Å²) in [7, 11) is 0. The second-order valence-electron chi connectivity index (χ2n) is 5.91. The predicted octanol–water partition coefficient (Wildman–Crippen LogP) is 2.99. The number of hydrogen-bond donors (Lipinski definition) is 1. The van der Waals surface area contributed by atoms with E-state index in [0.29, 0.717) is 0 Å². The van der Waals surface area contributed by atoms with Gasteiger partial charge in [-0.05, 0) is 43.4 Å². The number of nitrogens with one attached hydrogen (secondary N) is 1. The molecule has 0 aliphatic carbocycles. The van der Waals surface area contributed by atoms with Crippen molar-refractivity contribution in [2.75, 3.05) is 24.5 Å². The topological polar surface area (TPSA) is 32.3 Å². The van der Waals surface area contributed by atoms with Gasteiger partial charge in [0.1, 0.15) is 0 Å². The van der Waals surface area contributed by atoms with Crippen LogP contribution in [0.2, 0.25) is 0 Å². The van der Waals surface area contributed by atoms with E-state index in [4.69, 9.17) is 0 Å². The number of carbonyl (C=O) groups is 1. The summed E-state index contributed by atoms with van der Waals surface area (Å²) in [6.07, 6.45) is 4.88. The van der Waals surface area contributed by atoms with Gasteiger partial charge in [-0.3, -0.25) is 4.79 Å². The highest BCUT2D eigenvalue weighted by Crippen LogP contribution is 2.20. The number of amides is 1. The zero-order valence-electron chi connectivity index (χ0n) is 12.7. The number of nitrogens with zero attached hydrogens (tertiary/aromatic N) is 1. The van der Waals surface area contributed by atoms with Gasteiger partial charge in [0.05, 0.1) is 0 Å². The summed E-state index contributed by atoms with van der Waals surface area (Å²) in [6, 6.07) is 8.80. The maximum absolute atomic E-state index is 11.5. The molecule has 0 saturated carbocycles. The van der Waals surface area contributed by atoms with Crippen molar-refractivity contribution in [2.24, 2.45) is 5.92 Å². The van der Waals surface area contributed by atoms with Crippen LogP contribution in [0.5, 0.6) is 0 Å². The van der Waals surface area contributed by atoms with Crippen LogP contribution in [0.1, 0.15) is 38.7 Å². The highest BCUT2D eigenvalue weighted by molar-refractivity contribution is 5.77. The second-order valence-corrected chi connectivity index (χ2v) is 5.91. The minimum absolute atomic E-state index is 0.0662. The van der Waals surface area contributed by atoms with E-state index in [9.17, 15) is 4.79 Å². The van der Waals surface area contributed by atoms with Crippen LogP contribution in [0.4, 0.5) is 5.69 Å². The summed E-state index contributed by atoms with van der Waals surface area (Å²) in [4.78, 5) is 13.9. The fraction of sp³-hybridized carbons (Fsp3) is 0.588. The summed E-state index contributed by atoms with van der Waals surface area (Å²) in [5.41, 5.74) is 2.62. The molecule has 0 atom stereocenters. The average molecular weight is 274 g/mol. The molecule has 0 radical (unpaired) electrons. The fourth-order valence-corrected chi connectivity index (χ4v) is 2.56. The lowest BCUT2D eigenvalue weighted by Gasteiger charge is -2.28. The maximum atomic E-state index is 11.5. The van der Waals surface area contributed by atoms with Crippen LogP contribution in [-0.2, 0) is 11.2 Å². The molecule has 0 aromatic heterocycles. The number of hydrogen-bond acceptors (Lipinski definition) is 2. The van der Waals surface area contributed by atoms with E-state index in [1.54, 1.807) is 0 Å². The molecule has 1 saturated heterocycles. The lowest BCUT2D eigenvalue weighted by Crippen LogP contribution is -2.30. The SMILES string of the molecule is CC(C)C(=O)NCCc1ccc(N2CCCCC2)cc1. The number of anilines is 1. The first-order valence-corrected chi connectivity index (χ1v) is 7.78. The highest BCUT2D eigenvalue weighted by Gasteiger charge is 2.10. The van der Waals surface area contributed by atoms with Gasteiger partial charge in [-0.2, -0.15) is 0 Å². The number of rotatable bonds is 5. The smallest absolute Gasteiger partial charge is 0.222 e. The van der Waals surface area contributed by atoms with Gasteiger partial charge in [0.15, 0.2) is 0 Å². The standard InChI is InChI=1S/C17H26N2O/c1-14(2)17(20)18-11-10-15-6-8-16(9-7-15)19-12-4-3-5-13-19/h6-9,14H,3-5,10-13H2,1-2H3,(H,18,20). The third-order valence-electron chi connectivity index (χ3n) is 3.89. The monoisotopic (exact) mass is 274 g/mol. The van der Waals surface area contributed by atoms with Gasteiger partial charge in [0.2, 0.25) is 5.91 Å². The normalized spacial score (nSPS) is 15.4. The first-order valence-electron chi connectivity index (χ1n) is 7.78. The molecular weight excluding hydrogens is 248 g/mol. The van der Waals surface area contributed by atoms with Crippen molar-refractivity contribution in [3.8, 4) is 0 Å². The van der Waals surface area contributed by atoms with E-state index >= 15 is 0 Å². The number of carbonyl (C=O) groups excluding carboxylic acids is 1. The van der Waals surface area contributed by atoms with Crippen molar-refractivity contribution < 1.29 is 4.79 Å². The molecule has 110 valence electrons. The summed E-state index contributed by atoms with van der Waals surface area (Å²) >= 11 is 0. The van der Waals surface area contributed by atoms with Gasteiger partial charge in [-0.15, -0.1) is 0 Å². The third-order valence-corrected chi connectivity index (χ3v) is 3.89. The molecule has 1 aliphatic heterocycles. The second kappa shape index (κ2) is 7.32. The van der Waals surface area contributed by atoms with Crippen LogP contribution in [0.3, 0.4) is 0 Å². The summed E-state index contributed by atoms with van der Waals surface area (Å²) in [6.45, 7) is 6.93. The Morgan fingerprint density at radius 2 is 1.80 bits per heavy atom. The molecule has 1 aromatic rings. The molecule has 3 nitrogen and oxygen atoms in total. The molecule has 2 rings (SSSR count).